The molecule has 1 aliphatic rings. The first kappa shape index (κ1) is 16.8. The Morgan fingerprint density at radius 2 is 1.83 bits per heavy atom. The molecule has 120 valence electrons. The third-order valence-corrected chi connectivity index (χ3v) is 3.93. The van der Waals surface area contributed by atoms with E-state index in [2.05, 4.69) is 4.99 Å². The van der Waals surface area contributed by atoms with Crippen LogP contribution in [-0.2, 0) is 9.53 Å². The van der Waals surface area contributed by atoms with Gasteiger partial charge in [0.2, 0.25) is 5.90 Å². The number of esters is 1. The van der Waals surface area contributed by atoms with Gasteiger partial charge in [-0.05, 0) is 35.9 Å². The molecular formula is C18H10Cl3NO2. The number of halogens is 3. The minimum Gasteiger partial charge on any atom is -0.402 e. The van der Waals surface area contributed by atoms with Crippen LogP contribution in [0.2, 0.25) is 10.0 Å². The molecule has 2 aromatic rings. The van der Waals surface area contributed by atoms with Gasteiger partial charge in [-0.3, -0.25) is 0 Å². The van der Waals surface area contributed by atoms with Crippen LogP contribution < -0.4 is 0 Å². The smallest absolute Gasteiger partial charge is 0.363 e. The van der Waals surface area contributed by atoms with Gasteiger partial charge >= 0.3 is 5.97 Å². The van der Waals surface area contributed by atoms with E-state index in [-0.39, 0.29) is 11.6 Å². The van der Waals surface area contributed by atoms with Crippen molar-refractivity contribution in [2.75, 3.05) is 0 Å². The maximum absolute atomic E-state index is 12.0. The van der Waals surface area contributed by atoms with Crippen molar-refractivity contribution in [1.29, 1.82) is 0 Å². The summed E-state index contributed by atoms with van der Waals surface area (Å²) in [5.41, 5.74) is 1.50. The third kappa shape index (κ3) is 3.88. The molecule has 0 amide bonds. The molecule has 24 heavy (non-hydrogen) atoms. The quantitative estimate of drug-likeness (QED) is 0.525. The number of hydrogen-bond donors (Lipinski definition) is 0. The molecule has 0 radical (unpaired) electrons. The lowest BCUT2D eigenvalue weighted by molar-refractivity contribution is -0.130. The molecule has 0 spiro atoms. The largest absolute Gasteiger partial charge is 0.402 e. The van der Waals surface area contributed by atoms with Gasteiger partial charge in [0.25, 0.3) is 0 Å². The summed E-state index contributed by atoms with van der Waals surface area (Å²) in [7, 11) is 0. The molecule has 0 aliphatic carbocycles. The Bertz CT molecular complexity index is 886. The Labute approximate surface area is 153 Å². The van der Waals surface area contributed by atoms with Crippen LogP contribution in [0.5, 0.6) is 0 Å². The summed E-state index contributed by atoms with van der Waals surface area (Å²) in [5.74, 6) is -0.465. The van der Waals surface area contributed by atoms with Crippen LogP contribution in [0.25, 0.3) is 6.08 Å². The number of allylic oxidation sites excluding steroid dienone is 2. The number of rotatable bonds is 3. The number of benzene rings is 2. The second-order valence-electron chi connectivity index (χ2n) is 4.90. The van der Waals surface area contributed by atoms with Gasteiger partial charge in [-0.2, -0.15) is 0 Å². The second kappa shape index (κ2) is 7.22. The molecule has 0 aromatic heterocycles. The minimum atomic E-state index is -0.587. The van der Waals surface area contributed by atoms with Crippen LogP contribution in [0.1, 0.15) is 11.1 Å². The van der Waals surface area contributed by atoms with Crippen molar-refractivity contribution in [3.05, 3.63) is 86.5 Å². The molecule has 2 aromatic carbocycles. The molecule has 0 N–H and O–H groups in total. The molecule has 6 heteroatoms. The van der Waals surface area contributed by atoms with Crippen LogP contribution in [0.3, 0.4) is 0 Å². The minimum absolute atomic E-state index is 0.105. The molecule has 0 unspecified atom stereocenters. The maximum Gasteiger partial charge on any atom is 0.363 e. The van der Waals surface area contributed by atoms with Crippen molar-refractivity contribution in [1.82, 2.24) is 0 Å². The highest BCUT2D eigenvalue weighted by Crippen LogP contribution is 2.26. The molecule has 1 heterocycles. The van der Waals surface area contributed by atoms with Crippen LogP contribution in [0, 0.1) is 0 Å². The predicted molar refractivity (Wildman–Crippen MR) is 97.4 cm³/mol. The van der Waals surface area contributed by atoms with Gasteiger partial charge < -0.3 is 4.74 Å². The highest BCUT2D eigenvalue weighted by Gasteiger charge is 2.25. The maximum atomic E-state index is 12.0. The van der Waals surface area contributed by atoms with Crippen LogP contribution in [0.4, 0.5) is 0 Å². The number of nitrogens with zero attached hydrogens (tertiary/aromatic N) is 1. The molecule has 0 saturated carbocycles. The lowest BCUT2D eigenvalue weighted by Gasteiger charge is -2.02. The zero-order valence-corrected chi connectivity index (χ0v) is 14.4. The molecular weight excluding hydrogens is 369 g/mol. The van der Waals surface area contributed by atoms with Gasteiger partial charge in [0, 0.05) is 10.1 Å². The zero-order valence-electron chi connectivity index (χ0n) is 12.2. The van der Waals surface area contributed by atoms with Gasteiger partial charge in [0.1, 0.15) is 0 Å². The zero-order chi connectivity index (χ0) is 17.1. The van der Waals surface area contributed by atoms with E-state index in [1.807, 2.05) is 30.3 Å². The molecule has 0 fully saturated rings. The number of carbonyl (C=O) groups is 1. The van der Waals surface area contributed by atoms with Crippen molar-refractivity contribution in [2.45, 2.75) is 0 Å². The summed E-state index contributed by atoms with van der Waals surface area (Å²) < 4.78 is 5.16. The van der Waals surface area contributed by atoms with E-state index in [0.29, 0.717) is 20.6 Å². The van der Waals surface area contributed by atoms with E-state index in [1.54, 1.807) is 24.3 Å². The van der Waals surface area contributed by atoms with Crippen LogP contribution in [-0.4, -0.2) is 11.9 Å². The Balaban J connectivity index is 1.90. The summed E-state index contributed by atoms with van der Waals surface area (Å²) >= 11 is 18.1. The fraction of sp³-hybridized carbons (Fsp3) is 0. The first-order chi connectivity index (χ1) is 11.5. The Kier molecular flexibility index (Phi) is 5.05. The predicted octanol–water partition coefficient (Wildman–Crippen LogP) is 5.46. The van der Waals surface area contributed by atoms with E-state index in [1.165, 1.54) is 6.08 Å². The summed E-state index contributed by atoms with van der Waals surface area (Å²) in [6.07, 6.45) is 3.18. The van der Waals surface area contributed by atoms with Crippen molar-refractivity contribution in [3.8, 4) is 0 Å². The standard InChI is InChI=1S/C18H10Cl3NO2/c19-12-6-7-14(15(21)9-12)17-22-16(18(23)24-17)10-13(20)8-11-4-2-1-3-5-11/h1-10H/b13-8-,16-10-. The molecule has 0 saturated heterocycles. The highest BCUT2D eigenvalue weighted by atomic mass is 35.5. The Morgan fingerprint density at radius 1 is 1.08 bits per heavy atom. The van der Waals surface area contributed by atoms with Gasteiger partial charge in [-0.25, -0.2) is 9.79 Å². The average molecular weight is 379 g/mol. The summed E-state index contributed by atoms with van der Waals surface area (Å²) in [6, 6.07) is 14.3. The number of cyclic esters (lactones) is 1. The van der Waals surface area contributed by atoms with Gasteiger partial charge in [0.15, 0.2) is 5.70 Å². The van der Waals surface area contributed by atoms with Gasteiger partial charge in [0.05, 0.1) is 10.6 Å². The number of aliphatic imine (C=N–C) groups is 1. The first-order valence-corrected chi connectivity index (χ1v) is 8.06. The van der Waals surface area contributed by atoms with Gasteiger partial charge in [-0.15, -0.1) is 0 Å². The molecule has 0 bridgehead atoms. The summed E-state index contributed by atoms with van der Waals surface area (Å²) in [5, 5.41) is 1.19. The van der Waals surface area contributed by atoms with E-state index in [9.17, 15) is 4.79 Å². The average Bonchev–Trinajstić information content (AvgIpc) is 2.88. The normalized spacial score (nSPS) is 16.3. The fourth-order valence-electron chi connectivity index (χ4n) is 2.07. The van der Waals surface area contributed by atoms with Crippen LogP contribution >= 0.6 is 34.8 Å². The van der Waals surface area contributed by atoms with E-state index in [0.717, 1.165) is 5.56 Å². The number of hydrogen-bond acceptors (Lipinski definition) is 3. The first-order valence-electron chi connectivity index (χ1n) is 6.93. The van der Waals surface area contributed by atoms with Crippen molar-refractivity contribution >= 4 is 52.7 Å². The van der Waals surface area contributed by atoms with E-state index in [4.69, 9.17) is 39.5 Å². The lowest BCUT2D eigenvalue weighted by atomic mass is 10.2. The topological polar surface area (TPSA) is 38.7 Å². The number of ether oxygens (including phenoxy) is 1. The Morgan fingerprint density at radius 3 is 2.54 bits per heavy atom. The van der Waals surface area contributed by atoms with E-state index >= 15 is 0 Å². The molecule has 3 nitrogen and oxygen atoms in total. The van der Waals surface area contributed by atoms with Crippen molar-refractivity contribution in [2.24, 2.45) is 4.99 Å². The summed E-state index contributed by atoms with van der Waals surface area (Å²) in [4.78, 5) is 16.1. The fourth-order valence-corrected chi connectivity index (χ4v) is 2.79. The van der Waals surface area contributed by atoms with Crippen molar-refractivity contribution in [3.63, 3.8) is 0 Å². The monoisotopic (exact) mass is 377 g/mol. The molecule has 1 aliphatic heterocycles. The van der Waals surface area contributed by atoms with Crippen LogP contribution in [0.15, 0.2) is 70.3 Å². The van der Waals surface area contributed by atoms with E-state index < -0.39 is 5.97 Å². The Hall–Kier alpha value is -2.07. The molecule has 3 rings (SSSR count). The van der Waals surface area contributed by atoms with Crippen molar-refractivity contribution < 1.29 is 9.53 Å². The second-order valence-corrected chi connectivity index (χ2v) is 6.18. The van der Waals surface area contributed by atoms with Gasteiger partial charge in [-0.1, -0.05) is 65.1 Å². The highest BCUT2D eigenvalue weighted by molar-refractivity contribution is 6.37. The third-order valence-electron chi connectivity index (χ3n) is 3.16. The molecule has 0 atom stereocenters. The lowest BCUT2D eigenvalue weighted by Crippen LogP contribution is -2.05. The summed E-state index contributed by atoms with van der Waals surface area (Å²) in [6.45, 7) is 0. The number of carbonyl (C=O) groups excluding carboxylic acids is 1. The SMILES string of the molecule is O=C1OC(c2ccc(Cl)cc2Cl)=N/C1=C\C(Cl)=C\c1ccccc1.